The van der Waals surface area contributed by atoms with Gasteiger partial charge in [0.05, 0.1) is 5.92 Å². The third-order valence-electron chi connectivity index (χ3n) is 4.53. The minimum atomic E-state index is 0.0476. The van der Waals surface area contributed by atoms with Crippen LogP contribution in [0.1, 0.15) is 31.2 Å². The standard InChI is InChI=1S/C16H22N2OS/c1-11-8-12(9-17)10-18(11)16(19)14-6-7-20-15-5-3-2-4-13(14)15/h2-5,11-12,14H,6-10,17H2,1H3. The molecule has 108 valence electrons. The number of nitrogens with two attached hydrogens (primary N) is 1. The van der Waals surface area contributed by atoms with E-state index in [2.05, 4.69) is 30.0 Å². The predicted molar refractivity (Wildman–Crippen MR) is 82.9 cm³/mol. The van der Waals surface area contributed by atoms with Crippen LogP contribution in [0.15, 0.2) is 29.2 Å². The molecule has 0 radical (unpaired) electrons. The lowest BCUT2D eigenvalue weighted by Gasteiger charge is -2.30. The van der Waals surface area contributed by atoms with Crippen molar-refractivity contribution in [1.82, 2.24) is 4.90 Å². The van der Waals surface area contributed by atoms with Crippen molar-refractivity contribution in [3.63, 3.8) is 0 Å². The molecule has 3 unspecified atom stereocenters. The maximum Gasteiger partial charge on any atom is 0.230 e. The largest absolute Gasteiger partial charge is 0.339 e. The van der Waals surface area contributed by atoms with Gasteiger partial charge in [-0.2, -0.15) is 0 Å². The summed E-state index contributed by atoms with van der Waals surface area (Å²) in [5.74, 6) is 1.87. The molecule has 1 amide bonds. The number of likely N-dealkylation sites (tertiary alicyclic amines) is 1. The molecule has 20 heavy (non-hydrogen) atoms. The van der Waals surface area contributed by atoms with Gasteiger partial charge >= 0.3 is 0 Å². The zero-order valence-corrected chi connectivity index (χ0v) is 12.7. The van der Waals surface area contributed by atoms with Crippen molar-refractivity contribution in [2.45, 2.75) is 36.6 Å². The maximum absolute atomic E-state index is 12.9. The van der Waals surface area contributed by atoms with Crippen LogP contribution in [0.3, 0.4) is 0 Å². The highest BCUT2D eigenvalue weighted by atomic mass is 32.2. The smallest absolute Gasteiger partial charge is 0.230 e. The average molecular weight is 290 g/mol. The summed E-state index contributed by atoms with van der Waals surface area (Å²) in [6.07, 6.45) is 2.00. The van der Waals surface area contributed by atoms with E-state index in [9.17, 15) is 4.79 Å². The van der Waals surface area contributed by atoms with E-state index in [4.69, 9.17) is 5.73 Å². The molecule has 0 aromatic heterocycles. The topological polar surface area (TPSA) is 46.3 Å². The molecule has 3 atom stereocenters. The normalized spacial score (nSPS) is 29.3. The first kappa shape index (κ1) is 14.0. The molecule has 1 aromatic rings. The molecule has 1 aromatic carbocycles. The van der Waals surface area contributed by atoms with Gasteiger partial charge in [0.1, 0.15) is 0 Å². The summed E-state index contributed by atoms with van der Waals surface area (Å²) in [6.45, 7) is 3.67. The lowest BCUT2D eigenvalue weighted by molar-refractivity contribution is -0.133. The van der Waals surface area contributed by atoms with Crippen molar-refractivity contribution in [1.29, 1.82) is 0 Å². The van der Waals surface area contributed by atoms with Gasteiger partial charge in [-0.05, 0) is 49.6 Å². The van der Waals surface area contributed by atoms with E-state index in [1.54, 1.807) is 0 Å². The second-order valence-electron chi connectivity index (χ2n) is 5.90. The molecule has 0 saturated carbocycles. The zero-order valence-electron chi connectivity index (χ0n) is 11.9. The van der Waals surface area contributed by atoms with Crippen LogP contribution in [0.2, 0.25) is 0 Å². The third kappa shape index (κ3) is 2.47. The first-order valence-electron chi connectivity index (χ1n) is 7.43. The number of hydrogen-bond acceptors (Lipinski definition) is 3. The Labute approximate surface area is 124 Å². The van der Waals surface area contributed by atoms with Gasteiger partial charge in [-0.1, -0.05) is 18.2 Å². The summed E-state index contributed by atoms with van der Waals surface area (Å²) in [5.41, 5.74) is 6.99. The van der Waals surface area contributed by atoms with Gasteiger partial charge in [0.15, 0.2) is 0 Å². The van der Waals surface area contributed by atoms with Crippen molar-refractivity contribution >= 4 is 17.7 Å². The SMILES string of the molecule is CC1CC(CN)CN1C(=O)C1CCSc2ccccc21. The average Bonchev–Trinajstić information content (AvgIpc) is 2.87. The Hall–Kier alpha value is -1.00. The minimum Gasteiger partial charge on any atom is -0.339 e. The first-order chi connectivity index (χ1) is 9.70. The number of amides is 1. The fourth-order valence-corrected chi connectivity index (χ4v) is 4.54. The molecular formula is C16H22N2OS. The molecule has 1 fully saturated rings. The van der Waals surface area contributed by atoms with Crippen molar-refractivity contribution in [2.75, 3.05) is 18.8 Å². The number of carbonyl (C=O) groups excluding carboxylic acids is 1. The van der Waals surface area contributed by atoms with Crippen LogP contribution < -0.4 is 5.73 Å². The van der Waals surface area contributed by atoms with Gasteiger partial charge in [0.2, 0.25) is 5.91 Å². The summed E-state index contributed by atoms with van der Waals surface area (Å²) >= 11 is 1.87. The molecule has 2 heterocycles. The minimum absolute atomic E-state index is 0.0476. The summed E-state index contributed by atoms with van der Waals surface area (Å²) in [5, 5.41) is 0. The van der Waals surface area contributed by atoms with Gasteiger partial charge < -0.3 is 10.6 Å². The first-order valence-corrected chi connectivity index (χ1v) is 8.41. The molecule has 0 bridgehead atoms. The monoisotopic (exact) mass is 290 g/mol. The van der Waals surface area contributed by atoms with Gasteiger partial charge in [-0.3, -0.25) is 4.79 Å². The van der Waals surface area contributed by atoms with E-state index in [-0.39, 0.29) is 5.92 Å². The van der Waals surface area contributed by atoms with Crippen LogP contribution in [-0.4, -0.2) is 35.7 Å². The Morgan fingerprint density at radius 3 is 3.00 bits per heavy atom. The zero-order chi connectivity index (χ0) is 14.1. The fraction of sp³-hybridized carbons (Fsp3) is 0.562. The summed E-state index contributed by atoms with van der Waals surface area (Å²) in [6, 6.07) is 8.68. The summed E-state index contributed by atoms with van der Waals surface area (Å²) in [7, 11) is 0. The molecule has 2 N–H and O–H groups in total. The van der Waals surface area contributed by atoms with Crippen LogP contribution in [0, 0.1) is 5.92 Å². The maximum atomic E-state index is 12.9. The Bertz CT molecular complexity index is 505. The Kier molecular flexibility index (Phi) is 4.03. The second kappa shape index (κ2) is 5.78. The van der Waals surface area contributed by atoms with Crippen LogP contribution >= 0.6 is 11.8 Å². The van der Waals surface area contributed by atoms with Crippen LogP contribution in [-0.2, 0) is 4.79 Å². The van der Waals surface area contributed by atoms with Crippen molar-refractivity contribution in [3.8, 4) is 0 Å². The number of nitrogens with zero attached hydrogens (tertiary/aromatic N) is 1. The second-order valence-corrected chi connectivity index (χ2v) is 7.04. The van der Waals surface area contributed by atoms with E-state index in [1.165, 1.54) is 10.5 Å². The molecule has 1 saturated heterocycles. The van der Waals surface area contributed by atoms with Gasteiger partial charge in [-0.25, -0.2) is 0 Å². The lowest BCUT2D eigenvalue weighted by Crippen LogP contribution is -2.38. The summed E-state index contributed by atoms with van der Waals surface area (Å²) < 4.78 is 0. The molecule has 2 aliphatic heterocycles. The van der Waals surface area contributed by atoms with Gasteiger partial charge in [0, 0.05) is 17.5 Å². The molecular weight excluding hydrogens is 268 g/mol. The highest BCUT2D eigenvalue weighted by Crippen LogP contribution is 2.39. The summed E-state index contributed by atoms with van der Waals surface area (Å²) in [4.78, 5) is 16.3. The van der Waals surface area contributed by atoms with Gasteiger partial charge in [-0.15, -0.1) is 11.8 Å². The van der Waals surface area contributed by atoms with E-state index in [0.29, 0.717) is 24.4 Å². The van der Waals surface area contributed by atoms with Crippen molar-refractivity contribution in [3.05, 3.63) is 29.8 Å². The van der Waals surface area contributed by atoms with E-state index < -0.39 is 0 Å². The van der Waals surface area contributed by atoms with Crippen LogP contribution in [0.4, 0.5) is 0 Å². The molecule has 0 spiro atoms. The van der Waals surface area contributed by atoms with Crippen LogP contribution in [0.5, 0.6) is 0 Å². The van der Waals surface area contributed by atoms with E-state index >= 15 is 0 Å². The van der Waals surface area contributed by atoms with Crippen LogP contribution in [0.25, 0.3) is 0 Å². The van der Waals surface area contributed by atoms with E-state index in [0.717, 1.165) is 25.1 Å². The lowest BCUT2D eigenvalue weighted by atomic mass is 9.94. The fourth-order valence-electron chi connectivity index (χ4n) is 3.42. The molecule has 3 rings (SSSR count). The highest BCUT2D eigenvalue weighted by molar-refractivity contribution is 7.99. The number of fused-ring (bicyclic) bond motifs is 1. The highest BCUT2D eigenvalue weighted by Gasteiger charge is 2.37. The molecule has 2 aliphatic rings. The Balaban J connectivity index is 1.82. The third-order valence-corrected chi connectivity index (χ3v) is 5.66. The number of hydrogen-bond donors (Lipinski definition) is 1. The van der Waals surface area contributed by atoms with Gasteiger partial charge in [0.25, 0.3) is 0 Å². The van der Waals surface area contributed by atoms with E-state index in [1.807, 2.05) is 17.8 Å². The molecule has 3 nitrogen and oxygen atoms in total. The predicted octanol–water partition coefficient (Wildman–Crippen LogP) is 2.46. The molecule has 4 heteroatoms. The number of rotatable bonds is 2. The number of thioether (sulfide) groups is 1. The number of benzene rings is 1. The van der Waals surface area contributed by atoms with Crippen molar-refractivity contribution in [2.24, 2.45) is 11.7 Å². The Morgan fingerprint density at radius 1 is 1.45 bits per heavy atom. The Morgan fingerprint density at radius 2 is 2.25 bits per heavy atom. The quantitative estimate of drug-likeness (QED) is 0.910. The van der Waals surface area contributed by atoms with Crippen molar-refractivity contribution < 1.29 is 4.79 Å². The molecule has 0 aliphatic carbocycles. The number of carbonyl (C=O) groups is 1.